The Labute approximate surface area is 120 Å². The molecule has 0 fully saturated rings. The SMILES string of the molecule is Cn1c(CNc2ccc([N+](=O)[O-])cn2)nc2ccccc21. The Bertz CT molecular complexity index is 795. The maximum Gasteiger partial charge on any atom is 0.287 e. The van der Waals surface area contributed by atoms with Crippen molar-refractivity contribution in [2.24, 2.45) is 7.05 Å². The predicted molar refractivity (Wildman–Crippen MR) is 78.9 cm³/mol. The number of rotatable bonds is 4. The summed E-state index contributed by atoms with van der Waals surface area (Å²) in [7, 11) is 1.95. The number of imidazole rings is 1. The van der Waals surface area contributed by atoms with Crippen molar-refractivity contribution < 1.29 is 4.92 Å². The third kappa shape index (κ3) is 2.53. The molecule has 3 aromatic rings. The predicted octanol–water partition coefficient (Wildman–Crippen LogP) is 2.49. The topological polar surface area (TPSA) is 85.9 Å². The van der Waals surface area contributed by atoms with Gasteiger partial charge in [-0.3, -0.25) is 10.1 Å². The minimum Gasteiger partial charge on any atom is -0.363 e. The molecule has 1 N–H and O–H groups in total. The summed E-state index contributed by atoms with van der Waals surface area (Å²) in [6.45, 7) is 0.496. The monoisotopic (exact) mass is 283 g/mol. The van der Waals surface area contributed by atoms with E-state index in [4.69, 9.17) is 0 Å². The molecule has 0 spiro atoms. The van der Waals surface area contributed by atoms with Gasteiger partial charge in [-0.05, 0) is 18.2 Å². The van der Waals surface area contributed by atoms with Crippen molar-refractivity contribution in [2.75, 3.05) is 5.32 Å². The first kappa shape index (κ1) is 13.0. The van der Waals surface area contributed by atoms with Gasteiger partial charge in [0.05, 0.1) is 22.5 Å². The molecule has 106 valence electrons. The first-order valence-electron chi connectivity index (χ1n) is 6.40. The number of fused-ring (bicyclic) bond motifs is 1. The van der Waals surface area contributed by atoms with Crippen molar-refractivity contribution in [3.05, 3.63) is 58.5 Å². The molecule has 0 saturated heterocycles. The molecule has 0 aliphatic heterocycles. The van der Waals surface area contributed by atoms with E-state index >= 15 is 0 Å². The number of hydrogen-bond donors (Lipinski definition) is 1. The van der Waals surface area contributed by atoms with Crippen molar-refractivity contribution in [3.63, 3.8) is 0 Å². The van der Waals surface area contributed by atoms with Crippen molar-refractivity contribution >= 4 is 22.5 Å². The quantitative estimate of drug-likeness (QED) is 0.587. The largest absolute Gasteiger partial charge is 0.363 e. The highest BCUT2D eigenvalue weighted by atomic mass is 16.6. The number of benzene rings is 1. The van der Waals surface area contributed by atoms with Gasteiger partial charge in [-0.1, -0.05) is 12.1 Å². The minimum atomic E-state index is -0.470. The van der Waals surface area contributed by atoms with Gasteiger partial charge in [0.15, 0.2) is 0 Å². The van der Waals surface area contributed by atoms with E-state index in [9.17, 15) is 10.1 Å². The zero-order chi connectivity index (χ0) is 14.8. The molecule has 2 aromatic heterocycles. The number of para-hydroxylation sites is 2. The molecule has 0 bridgehead atoms. The van der Waals surface area contributed by atoms with Gasteiger partial charge < -0.3 is 9.88 Å². The third-order valence-electron chi connectivity index (χ3n) is 3.27. The van der Waals surface area contributed by atoms with E-state index in [1.165, 1.54) is 12.3 Å². The van der Waals surface area contributed by atoms with Crippen LogP contribution >= 0.6 is 0 Å². The highest BCUT2D eigenvalue weighted by molar-refractivity contribution is 5.75. The molecule has 1 aromatic carbocycles. The molecule has 0 atom stereocenters. The van der Waals surface area contributed by atoms with E-state index in [1.807, 2.05) is 35.9 Å². The zero-order valence-corrected chi connectivity index (χ0v) is 11.4. The maximum atomic E-state index is 10.6. The number of anilines is 1. The van der Waals surface area contributed by atoms with Crippen LogP contribution in [-0.4, -0.2) is 19.5 Å². The average Bonchev–Trinajstić information content (AvgIpc) is 2.82. The van der Waals surface area contributed by atoms with Crippen molar-refractivity contribution in [2.45, 2.75) is 6.54 Å². The highest BCUT2D eigenvalue weighted by Crippen LogP contribution is 2.16. The van der Waals surface area contributed by atoms with Gasteiger partial charge in [0.25, 0.3) is 5.69 Å². The molecular weight excluding hydrogens is 270 g/mol. The molecule has 21 heavy (non-hydrogen) atoms. The third-order valence-corrected chi connectivity index (χ3v) is 3.27. The second-order valence-electron chi connectivity index (χ2n) is 4.59. The van der Waals surface area contributed by atoms with E-state index in [1.54, 1.807) is 6.07 Å². The van der Waals surface area contributed by atoms with Crippen LogP contribution in [0.15, 0.2) is 42.6 Å². The van der Waals surface area contributed by atoms with Crippen molar-refractivity contribution in [3.8, 4) is 0 Å². The first-order chi connectivity index (χ1) is 10.1. The van der Waals surface area contributed by atoms with Crippen LogP contribution in [0.5, 0.6) is 0 Å². The number of nitrogens with zero attached hydrogens (tertiary/aromatic N) is 4. The van der Waals surface area contributed by atoms with Gasteiger partial charge in [0.2, 0.25) is 0 Å². The van der Waals surface area contributed by atoms with Crippen LogP contribution in [0, 0.1) is 10.1 Å². The molecule has 3 rings (SSSR count). The van der Waals surface area contributed by atoms with Crippen LogP contribution in [0.25, 0.3) is 11.0 Å². The Hall–Kier alpha value is -2.96. The molecule has 0 amide bonds. The first-order valence-corrected chi connectivity index (χ1v) is 6.40. The van der Waals surface area contributed by atoms with Gasteiger partial charge in [-0.2, -0.15) is 0 Å². The Balaban J connectivity index is 1.77. The number of aryl methyl sites for hydroxylation is 1. The van der Waals surface area contributed by atoms with Gasteiger partial charge in [-0.15, -0.1) is 0 Å². The summed E-state index contributed by atoms with van der Waals surface area (Å²) in [6, 6.07) is 10.9. The molecule has 7 nitrogen and oxygen atoms in total. The molecular formula is C14H13N5O2. The molecule has 7 heteroatoms. The number of hydrogen-bond acceptors (Lipinski definition) is 5. The number of nitro groups is 1. The van der Waals surface area contributed by atoms with Crippen LogP contribution in [0.1, 0.15) is 5.82 Å². The van der Waals surface area contributed by atoms with Crippen LogP contribution in [-0.2, 0) is 13.6 Å². The maximum absolute atomic E-state index is 10.6. The summed E-state index contributed by atoms with van der Waals surface area (Å²) in [5.41, 5.74) is 1.97. The molecule has 0 aliphatic carbocycles. The van der Waals surface area contributed by atoms with Gasteiger partial charge in [0, 0.05) is 13.1 Å². The lowest BCUT2D eigenvalue weighted by Crippen LogP contribution is -2.07. The fourth-order valence-electron chi connectivity index (χ4n) is 2.12. The van der Waals surface area contributed by atoms with Crippen LogP contribution in [0.3, 0.4) is 0 Å². The normalized spacial score (nSPS) is 10.7. The molecule has 0 radical (unpaired) electrons. The summed E-state index contributed by atoms with van der Waals surface area (Å²) >= 11 is 0. The summed E-state index contributed by atoms with van der Waals surface area (Å²) in [5, 5.41) is 13.7. The summed E-state index contributed by atoms with van der Waals surface area (Å²) < 4.78 is 2.01. The van der Waals surface area contributed by atoms with E-state index in [2.05, 4.69) is 15.3 Å². The molecule has 2 heterocycles. The van der Waals surface area contributed by atoms with Gasteiger partial charge in [-0.25, -0.2) is 9.97 Å². The standard InChI is InChI=1S/C14H13N5O2/c1-18-12-5-3-2-4-11(12)17-14(18)9-16-13-7-6-10(8-15-13)19(20)21/h2-8H,9H2,1H3,(H,15,16). The van der Waals surface area contributed by atoms with E-state index in [-0.39, 0.29) is 5.69 Å². The number of nitrogens with one attached hydrogen (secondary N) is 1. The smallest absolute Gasteiger partial charge is 0.287 e. The number of pyridine rings is 1. The lowest BCUT2D eigenvalue weighted by Gasteiger charge is -2.05. The summed E-state index contributed by atoms with van der Waals surface area (Å²) in [4.78, 5) is 18.6. The number of aromatic nitrogens is 3. The van der Waals surface area contributed by atoms with Crippen molar-refractivity contribution in [1.29, 1.82) is 0 Å². The van der Waals surface area contributed by atoms with Crippen molar-refractivity contribution in [1.82, 2.24) is 14.5 Å². The Morgan fingerprint density at radius 1 is 1.29 bits per heavy atom. The summed E-state index contributed by atoms with van der Waals surface area (Å²) in [5.74, 6) is 1.45. The van der Waals surface area contributed by atoms with Gasteiger partial charge >= 0.3 is 0 Å². The van der Waals surface area contributed by atoms with E-state index in [0.717, 1.165) is 16.9 Å². The zero-order valence-electron chi connectivity index (χ0n) is 11.4. The lowest BCUT2D eigenvalue weighted by molar-refractivity contribution is -0.385. The fraction of sp³-hybridized carbons (Fsp3) is 0.143. The van der Waals surface area contributed by atoms with E-state index < -0.39 is 4.92 Å². The van der Waals surface area contributed by atoms with E-state index in [0.29, 0.717) is 12.4 Å². The molecule has 0 unspecified atom stereocenters. The Morgan fingerprint density at radius 2 is 2.10 bits per heavy atom. The summed E-state index contributed by atoms with van der Waals surface area (Å²) in [6.07, 6.45) is 1.23. The molecule has 0 aliphatic rings. The van der Waals surface area contributed by atoms with Crippen LogP contribution < -0.4 is 5.32 Å². The highest BCUT2D eigenvalue weighted by Gasteiger charge is 2.08. The second-order valence-corrected chi connectivity index (χ2v) is 4.59. The van der Waals surface area contributed by atoms with Crippen LogP contribution in [0.2, 0.25) is 0 Å². The van der Waals surface area contributed by atoms with Crippen LogP contribution in [0.4, 0.5) is 11.5 Å². The molecule has 0 saturated carbocycles. The Kier molecular flexibility index (Phi) is 3.23. The second kappa shape index (κ2) is 5.20. The minimum absolute atomic E-state index is 0.0247. The fourth-order valence-corrected chi connectivity index (χ4v) is 2.12. The lowest BCUT2D eigenvalue weighted by atomic mass is 10.3. The average molecular weight is 283 g/mol. The Morgan fingerprint density at radius 3 is 2.76 bits per heavy atom. The van der Waals surface area contributed by atoms with Gasteiger partial charge in [0.1, 0.15) is 17.8 Å².